The molecule has 4 rings (SSSR count). The van der Waals surface area contributed by atoms with E-state index < -0.39 is 0 Å². The molecule has 0 unspecified atom stereocenters. The molecule has 2 aromatic carbocycles. The van der Waals surface area contributed by atoms with Crippen molar-refractivity contribution in [3.8, 4) is 11.4 Å². The Balaban J connectivity index is 1.59. The van der Waals surface area contributed by atoms with Gasteiger partial charge in [-0.3, -0.25) is 4.79 Å². The predicted octanol–water partition coefficient (Wildman–Crippen LogP) is 4.78. The van der Waals surface area contributed by atoms with Gasteiger partial charge in [-0.25, -0.2) is 4.98 Å². The molecule has 0 atom stereocenters. The van der Waals surface area contributed by atoms with E-state index in [2.05, 4.69) is 15.3 Å². The standard InChI is InChI=1S/C21H17N3O2/c1-14-10-11-15(26-14)12-13-20(25)22-17-7-3-2-6-16(17)21-23-18-8-4-5-9-19(18)24-21/h2-13H,1H3,(H,22,25)(H,23,24)/b13-12+. The summed E-state index contributed by atoms with van der Waals surface area (Å²) in [4.78, 5) is 20.2. The molecule has 0 bridgehead atoms. The number of carbonyl (C=O) groups is 1. The number of hydrogen-bond donors (Lipinski definition) is 2. The van der Waals surface area contributed by atoms with Crippen molar-refractivity contribution in [1.82, 2.24) is 9.97 Å². The SMILES string of the molecule is Cc1ccc(/C=C/C(=O)Nc2ccccc2-c2nc3ccccc3[nH]2)o1. The maximum atomic E-state index is 12.3. The fourth-order valence-electron chi connectivity index (χ4n) is 2.75. The number of para-hydroxylation sites is 3. The molecule has 0 aliphatic rings. The normalized spacial score (nSPS) is 11.3. The Labute approximate surface area is 150 Å². The summed E-state index contributed by atoms with van der Waals surface area (Å²) in [5.41, 5.74) is 3.37. The summed E-state index contributed by atoms with van der Waals surface area (Å²) >= 11 is 0. The van der Waals surface area contributed by atoms with Crippen LogP contribution in [0, 0.1) is 6.92 Å². The fraction of sp³-hybridized carbons (Fsp3) is 0.0476. The van der Waals surface area contributed by atoms with E-state index >= 15 is 0 Å². The molecule has 1 amide bonds. The lowest BCUT2D eigenvalue weighted by Crippen LogP contribution is -2.08. The summed E-state index contributed by atoms with van der Waals surface area (Å²) in [7, 11) is 0. The zero-order valence-electron chi connectivity index (χ0n) is 14.2. The molecule has 4 aromatic rings. The zero-order valence-corrected chi connectivity index (χ0v) is 14.2. The lowest BCUT2D eigenvalue weighted by Gasteiger charge is -2.07. The number of nitrogens with zero attached hydrogens (tertiary/aromatic N) is 1. The van der Waals surface area contributed by atoms with Gasteiger partial charge in [0.15, 0.2) is 0 Å². The monoisotopic (exact) mass is 343 g/mol. The van der Waals surface area contributed by atoms with Gasteiger partial charge in [-0.15, -0.1) is 0 Å². The van der Waals surface area contributed by atoms with E-state index in [4.69, 9.17) is 4.42 Å². The number of benzene rings is 2. The van der Waals surface area contributed by atoms with Gasteiger partial charge in [0.05, 0.1) is 16.7 Å². The van der Waals surface area contributed by atoms with Crippen LogP contribution in [-0.4, -0.2) is 15.9 Å². The van der Waals surface area contributed by atoms with E-state index in [1.165, 1.54) is 6.08 Å². The Morgan fingerprint density at radius 3 is 2.69 bits per heavy atom. The van der Waals surface area contributed by atoms with Gasteiger partial charge < -0.3 is 14.7 Å². The van der Waals surface area contributed by atoms with Gasteiger partial charge in [0.2, 0.25) is 5.91 Å². The molecule has 5 nitrogen and oxygen atoms in total. The maximum absolute atomic E-state index is 12.3. The van der Waals surface area contributed by atoms with Crippen molar-refractivity contribution < 1.29 is 9.21 Å². The number of hydrogen-bond acceptors (Lipinski definition) is 3. The summed E-state index contributed by atoms with van der Waals surface area (Å²) in [6.07, 6.45) is 3.10. The number of nitrogens with one attached hydrogen (secondary N) is 2. The van der Waals surface area contributed by atoms with E-state index in [0.29, 0.717) is 17.3 Å². The minimum absolute atomic E-state index is 0.234. The zero-order chi connectivity index (χ0) is 17.9. The van der Waals surface area contributed by atoms with Crippen molar-refractivity contribution in [2.45, 2.75) is 6.92 Å². The molecule has 2 N–H and O–H groups in total. The number of amides is 1. The summed E-state index contributed by atoms with van der Waals surface area (Å²) in [6.45, 7) is 1.86. The first-order valence-corrected chi connectivity index (χ1v) is 8.29. The van der Waals surface area contributed by atoms with Crippen LogP contribution in [0.2, 0.25) is 0 Å². The fourth-order valence-corrected chi connectivity index (χ4v) is 2.75. The molecule has 0 aliphatic heterocycles. The molecule has 0 aliphatic carbocycles. The first-order chi connectivity index (χ1) is 12.7. The summed E-state index contributed by atoms with van der Waals surface area (Å²) < 4.78 is 5.43. The number of carbonyl (C=O) groups excluding carboxylic acids is 1. The maximum Gasteiger partial charge on any atom is 0.248 e. The smallest absolute Gasteiger partial charge is 0.248 e. The van der Waals surface area contributed by atoms with E-state index in [9.17, 15) is 4.79 Å². The number of aromatic nitrogens is 2. The Hall–Kier alpha value is -3.60. The Kier molecular flexibility index (Phi) is 4.11. The number of fused-ring (bicyclic) bond motifs is 1. The number of furan rings is 1. The first kappa shape index (κ1) is 15.9. The van der Waals surface area contributed by atoms with Crippen molar-refractivity contribution in [3.05, 3.63) is 78.3 Å². The third-order valence-electron chi connectivity index (χ3n) is 3.99. The highest BCUT2D eigenvalue weighted by atomic mass is 16.3. The highest BCUT2D eigenvalue weighted by Gasteiger charge is 2.10. The van der Waals surface area contributed by atoms with Crippen LogP contribution < -0.4 is 5.32 Å². The molecular formula is C21H17N3O2. The highest BCUT2D eigenvalue weighted by molar-refractivity contribution is 6.04. The minimum Gasteiger partial charge on any atom is -0.462 e. The van der Waals surface area contributed by atoms with Gasteiger partial charge in [0.25, 0.3) is 0 Å². The lowest BCUT2D eigenvalue weighted by molar-refractivity contribution is -0.111. The number of aryl methyl sites for hydroxylation is 1. The number of rotatable bonds is 4. The third kappa shape index (κ3) is 3.28. The van der Waals surface area contributed by atoms with Gasteiger partial charge in [0, 0.05) is 11.6 Å². The summed E-state index contributed by atoms with van der Waals surface area (Å²) in [6, 6.07) is 19.1. The number of H-pyrrole nitrogens is 1. The van der Waals surface area contributed by atoms with Crippen molar-refractivity contribution in [2.24, 2.45) is 0 Å². The molecule has 128 valence electrons. The first-order valence-electron chi connectivity index (χ1n) is 8.29. The van der Waals surface area contributed by atoms with Crippen LogP contribution in [0.1, 0.15) is 11.5 Å². The topological polar surface area (TPSA) is 70.9 Å². The molecule has 26 heavy (non-hydrogen) atoms. The number of imidazole rings is 1. The Morgan fingerprint density at radius 2 is 1.88 bits per heavy atom. The highest BCUT2D eigenvalue weighted by Crippen LogP contribution is 2.27. The number of anilines is 1. The number of aromatic amines is 1. The molecule has 0 fully saturated rings. The molecular weight excluding hydrogens is 326 g/mol. The molecule has 0 saturated carbocycles. The van der Waals surface area contributed by atoms with Crippen LogP contribution >= 0.6 is 0 Å². The van der Waals surface area contributed by atoms with Crippen molar-refractivity contribution in [3.63, 3.8) is 0 Å². The van der Waals surface area contributed by atoms with E-state index in [1.807, 2.05) is 67.6 Å². The van der Waals surface area contributed by atoms with Crippen molar-refractivity contribution in [1.29, 1.82) is 0 Å². The third-order valence-corrected chi connectivity index (χ3v) is 3.99. The van der Waals surface area contributed by atoms with Crippen LogP contribution in [0.25, 0.3) is 28.5 Å². The Morgan fingerprint density at radius 1 is 1.08 bits per heavy atom. The average molecular weight is 343 g/mol. The van der Waals surface area contributed by atoms with Gasteiger partial charge >= 0.3 is 0 Å². The second kappa shape index (κ2) is 6.72. The second-order valence-corrected chi connectivity index (χ2v) is 5.92. The average Bonchev–Trinajstić information content (AvgIpc) is 3.26. The molecule has 0 radical (unpaired) electrons. The van der Waals surface area contributed by atoms with E-state index in [0.717, 1.165) is 22.4 Å². The second-order valence-electron chi connectivity index (χ2n) is 5.92. The summed E-state index contributed by atoms with van der Waals surface area (Å²) in [5.74, 6) is 1.93. The van der Waals surface area contributed by atoms with E-state index in [1.54, 1.807) is 6.08 Å². The van der Waals surface area contributed by atoms with Crippen molar-refractivity contribution >= 4 is 28.7 Å². The van der Waals surface area contributed by atoms with Crippen LogP contribution in [0.3, 0.4) is 0 Å². The van der Waals surface area contributed by atoms with Gasteiger partial charge in [-0.2, -0.15) is 0 Å². The molecule has 0 saturated heterocycles. The summed E-state index contributed by atoms with van der Waals surface area (Å²) in [5, 5.41) is 2.90. The molecule has 2 heterocycles. The van der Waals surface area contributed by atoms with Crippen LogP contribution in [0.4, 0.5) is 5.69 Å². The quantitative estimate of drug-likeness (QED) is 0.524. The largest absolute Gasteiger partial charge is 0.462 e. The van der Waals surface area contributed by atoms with Gasteiger partial charge in [-0.1, -0.05) is 24.3 Å². The predicted molar refractivity (Wildman–Crippen MR) is 103 cm³/mol. The van der Waals surface area contributed by atoms with Crippen LogP contribution in [0.5, 0.6) is 0 Å². The van der Waals surface area contributed by atoms with Crippen molar-refractivity contribution in [2.75, 3.05) is 5.32 Å². The van der Waals surface area contributed by atoms with Gasteiger partial charge in [-0.05, 0) is 49.4 Å². The molecule has 5 heteroatoms. The van der Waals surface area contributed by atoms with Gasteiger partial charge in [0.1, 0.15) is 17.3 Å². The van der Waals surface area contributed by atoms with Crippen LogP contribution in [-0.2, 0) is 4.79 Å². The molecule has 2 aromatic heterocycles. The van der Waals surface area contributed by atoms with Crippen LogP contribution in [0.15, 0.2) is 71.2 Å². The molecule has 0 spiro atoms. The lowest BCUT2D eigenvalue weighted by atomic mass is 10.1. The van der Waals surface area contributed by atoms with E-state index in [-0.39, 0.29) is 5.91 Å². The Bertz CT molecular complexity index is 1070. The minimum atomic E-state index is -0.234.